The van der Waals surface area contributed by atoms with Crippen LogP contribution < -0.4 is 11.0 Å². The monoisotopic (exact) mass is 372 g/mol. The maximum Gasteiger partial charge on any atom is 0.347 e. The van der Waals surface area contributed by atoms with Gasteiger partial charge in [-0.3, -0.25) is 4.79 Å². The van der Waals surface area contributed by atoms with E-state index in [9.17, 15) is 19.1 Å². The van der Waals surface area contributed by atoms with Crippen LogP contribution in [0.5, 0.6) is 0 Å². The summed E-state index contributed by atoms with van der Waals surface area (Å²) in [4.78, 5) is 31.2. The third-order valence-electron chi connectivity index (χ3n) is 4.78. The van der Waals surface area contributed by atoms with E-state index in [1.807, 2.05) is 0 Å². The Morgan fingerprint density at radius 2 is 2.22 bits per heavy atom. The molecule has 27 heavy (non-hydrogen) atoms. The van der Waals surface area contributed by atoms with Crippen LogP contribution in [0.25, 0.3) is 17.0 Å². The second kappa shape index (κ2) is 6.78. The van der Waals surface area contributed by atoms with Crippen molar-refractivity contribution in [2.24, 2.45) is 5.92 Å². The van der Waals surface area contributed by atoms with Gasteiger partial charge in [-0.1, -0.05) is 6.42 Å². The number of nitrogens with zero attached hydrogens (tertiary/aromatic N) is 4. The zero-order valence-electron chi connectivity index (χ0n) is 14.2. The number of nitrogens with one attached hydrogen (secondary N) is 2. The Hall–Kier alpha value is -3.30. The Bertz CT molecular complexity index is 1060. The van der Waals surface area contributed by atoms with E-state index >= 15 is 0 Å². The van der Waals surface area contributed by atoms with Crippen LogP contribution in [0.15, 0.2) is 29.3 Å². The maximum atomic E-state index is 14.2. The van der Waals surface area contributed by atoms with Gasteiger partial charge in [0.1, 0.15) is 0 Å². The van der Waals surface area contributed by atoms with Crippen molar-refractivity contribution in [3.8, 4) is 11.4 Å². The molecule has 0 unspecified atom stereocenters. The molecule has 0 amide bonds. The first-order chi connectivity index (χ1) is 13.0. The molecule has 0 saturated heterocycles. The summed E-state index contributed by atoms with van der Waals surface area (Å²) < 4.78 is 15.5. The number of carboxylic acids is 1. The van der Waals surface area contributed by atoms with E-state index in [4.69, 9.17) is 0 Å². The average molecular weight is 372 g/mol. The average Bonchev–Trinajstić information content (AvgIpc) is 3.04. The molecular weight excluding hydrogens is 355 g/mol. The molecule has 1 saturated carbocycles. The molecule has 3 aromatic rings. The number of rotatable bonds is 4. The minimum Gasteiger partial charge on any atom is -0.481 e. The number of pyridine rings is 1. The second-order valence-corrected chi connectivity index (χ2v) is 6.61. The van der Waals surface area contributed by atoms with Crippen molar-refractivity contribution in [1.29, 1.82) is 0 Å². The highest BCUT2D eigenvalue weighted by atomic mass is 19.1. The molecule has 3 heterocycles. The largest absolute Gasteiger partial charge is 0.481 e. The van der Waals surface area contributed by atoms with Gasteiger partial charge in [0.2, 0.25) is 0 Å². The van der Waals surface area contributed by atoms with Crippen molar-refractivity contribution in [2.75, 3.05) is 5.32 Å². The Morgan fingerprint density at radius 3 is 3.04 bits per heavy atom. The molecule has 9 nitrogen and oxygen atoms in total. The number of carbonyl (C=O) groups is 1. The number of aliphatic carboxylic acids is 1. The van der Waals surface area contributed by atoms with Gasteiger partial charge in [0.25, 0.3) is 0 Å². The zero-order chi connectivity index (χ0) is 19.0. The fraction of sp³-hybridized carbons (Fsp3) is 0.353. The lowest BCUT2D eigenvalue weighted by Gasteiger charge is -2.27. The van der Waals surface area contributed by atoms with Gasteiger partial charge in [0.15, 0.2) is 23.1 Å². The lowest BCUT2D eigenvalue weighted by Crippen LogP contribution is -2.31. The summed E-state index contributed by atoms with van der Waals surface area (Å²) in [6.07, 6.45) is 5.14. The number of halogens is 1. The standard InChI is InChI=1S/C17H17FN6O3/c18-12-7-19-14(10-4-5-13-22-23-17(27)24(13)8-10)21-15(12)20-11-3-1-2-9(6-11)16(25)26/h4-5,7-9,11H,1-3,6H2,(H,23,27)(H,25,26)(H,19,20,21)/t9-,11+/m1/s1. The Labute approximate surface area is 152 Å². The van der Waals surface area contributed by atoms with Crippen LogP contribution in [-0.4, -0.2) is 41.7 Å². The second-order valence-electron chi connectivity index (χ2n) is 6.61. The summed E-state index contributed by atoms with van der Waals surface area (Å²) in [5, 5.41) is 18.4. The Morgan fingerprint density at radius 1 is 1.37 bits per heavy atom. The summed E-state index contributed by atoms with van der Waals surface area (Å²) >= 11 is 0. The smallest absolute Gasteiger partial charge is 0.347 e. The number of aromatic nitrogens is 5. The molecule has 1 fully saturated rings. The molecule has 0 aromatic carbocycles. The number of hydrogen-bond donors (Lipinski definition) is 3. The first kappa shape index (κ1) is 17.1. The number of carboxylic acid groups (broad SMARTS) is 1. The first-order valence-corrected chi connectivity index (χ1v) is 8.60. The molecule has 0 spiro atoms. The molecule has 1 aliphatic rings. The fourth-order valence-corrected chi connectivity index (χ4v) is 3.38. The molecule has 0 radical (unpaired) electrons. The minimum atomic E-state index is -0.829. The van der Waals surface area contributed by atoms with Gasteiger partial charge in [-0.25, -0.2) is 28.7 Å². The number of H-pyrrole nitrogens is 1. The highest BCUT2D eigenvalue weighted by Gasteiger charge is 2.27. The van der Waals surface area contributed by atoms with E-state index in [-0.39, 0.29) is 17.7 Å². The fourth-order valence-electron chi connectivity index (χ4n) is 3.38. The van der Waals surface area contributed by atoms with Crippen molar-refractivity contribution in [3.05, 3.63) is 40.8 Å². The Balaban J connectivity index is 1.61. The number of anilines is 1. The van der Waals surface area contributed by atoms with Gasteiger partial charge in [0, 0.05) is 17.8 Å². The number of aromatic amines is 1. The number of fused-ring (bicyclic) bond motifs is 1. The van der Waals surface area contributed by atoms with Gasteiger partial charge < -0.3 is 10.4 Å². The molecule has 0 aliphatic heterocycles. The molecule has 3 aromatic heterocycles. The highest BCUT2D eigenvalue weighted by molar-refractivity contribution is 5.70. The van der Waals surface area contributed by atoms with Crippen LogP contribution in [0.1, 0.15) is 25.7 Å². The topological polar surface area (TPSA) is 125 Å². The zero-order valence-corrected chi connectivity index (χ0v) is 14.2. The maximum absolute atomic E-state index is 14.2. The van der Waals surface area contributed by atoms with E-state index in [0.29, 0.717) is 24.1 Å². The summed E-state index contributed by atoms with van der Waals surface area (Å²) in [6.45, 7) is 0. The van der Waals surface area contributed by atoms with Crippen molar-refractivity contribution in [1.82, 2.24) is 24.6 Å². The normalized spacial score (nSPS) is 19.9. The van der Waals surface area contributed by atoms with E-state index in [1.165, 1.54) is 10.6 Å². The van der Waals surface area contributed by atoms with Crippen LogP contribution in [0, 0.1) is 11.7 Å². The molecule has 140 valence electrons. The van der Waals surface area contributed by atoms with Crippen molar-refractivity contribution >= 4 is 17.4 Å². The van der Waals surface area contributed by atoms with Gasteiger partial charge in [-0.05, 0) is 31.4 Å². The van der Waals surface area contributed by atoms with Crippen LogP contribution in [-0.2, 0) is 4.79 Å². The van der Waals surface area contributed by atoms with Crippen LogP contribution in [0.3, 0.4) is 0 Å². The molecule has 10 heteroatoms. The van der Waals surface area contributed by atoms with E-state index in [1.54, 1.807) is 12.1 Å². The van der Waals surface area contributed by atoms with E-state index in [0.717, 1.165) is 19.0 Å². The summed E-state index contributed by atoms with van der Waals surface area (Å²) in [5.41, 5.74) is 0.585. The van der Waals surface area contributed by atoms with Crippen LogP contribution >= 0.6 is 0 Å². The molecule has 4 rings (SSSR count). The van der Waals surface area contributed by atoms with Crippen molar-refractivity contribution in [3.63, 3.8) is 0 Å². The van der Waals surface area contributed by atoms with Crippen LogP contribution in [0.2, 0.25) is 0 Å². The molecule has 3 N–H and O–H groups in total. The summed E-state index contributed by atoms with van der Waals surface area (Å²) in [5.74, 6) is -1.60. The van der Waals surface area contributed by atoms with Gasteiger partial charge in [-0.15, -0.1) is 0 Å². The molecule has 0 bridgehead atoms. The van der Waals surface area contributed by atoms with Gasteiger partial charge in [-0.2, -0.15) is 5.10 Å². The highest BCUT2D eigenvalue weighted by Crippen LogP contribution is 2.28. The van der Waals surface area contributed by atoms with E-state index in [2.05, 4.69) is 25.5 Å². The van der Waals surface area contributed by atoms with E-state index < -0.39 is 23.4 Å². The SMILES string of the molecule is O=C(O)[C@@H]1CCC[C@H](Nc2nc(-c3ccc4n[nH]c(=O)n4c3)ncc2F)C1. The minimum absolute atomic E-state index is 0.0238. The Kier molecular flexibility index (Phi) is 4.30. The predicted octanol–water partition coefficient (Wildman–Crippen LogP) is 1.67. The third kappa shape index (κ3) is 3.37. The van der Waals surface area contributed by atoms with Gasteiger partial charge >= 0.3 is 11.7 Å². The molecule has 1 aliphatic carbocycles. The van der Waals surface area contributed by atoms with Crippen molar-refractivity contribution in [2.45, 2.75) is 31.7 Å². The summed E-state index contributed by atoms with van der Waals surface area (Å²) in [7, 11) is 0. The summed E-state index contributed by atoms with van der Waals surface area (Å²) in [6, 6.07) is 3.15. The predicted molar refractivity (Wildman–Crippen MR) is 93.8 cm³/mol. The quantitative estimate of drug-likeness (QED) is 0.636. The lowest BCUT2D eigenvalue weighted by molar-refractivity contribution is -0.142. The molecule has 2 atom stereocenters. The van der Waals surface area contributed by atoms with Crippen molar-refractivity contribution < 1.29 is 14.3 Å². The first-order valence-electron chi connectivity index (χ1n) is 8.60. The van der Waals surface area contributed by atoms with Gasteiger partial charge in [0.05, 0.1) is 12.1 Å². The molecular formula is C17H17FN6O3. The number of hydrogen-bond acceptors (Lipinski definition) is 6. The van der Waals surface area contributed by atoms with Crippen LogP contribution in [0.4, 0.5) is 10.2 Å². The lowest BCUT2D eigenvalue weighted by atomic mass is 9.86. The third-order valence-corrected chi connectivity index (χ3v) is 4.78.